The fourth-order valence-electron chi connectivity index (χ4n) is 8.11. The molecule has 2 heterocycles. The molecule has 0 spiro atoms. The molecular formula is C52H33NO2. The summed E-state index contributed by atoms with van der Waals surface area (Å²) >= 11 is 0. The van der Waals surface area contributed by atoms with Gasteiger partial charge in [-0.2, -0.15) is 0 Å². The molecule has 3 heteroatoms. The van der Waals surface area contributed by atoms with Gasteiger partial charge in [0.15, 0.2) is 0 Å². The summed E-state index contributed by atoms with van der Waals surface area (Å²) in [6.07, 6.45) is 0. The number of benzene rings is 9. The fourth-order valence-corrected chi connectivity index (χ4v) is 8.11. The Hall–Kier alpha value is -7.36. The zero-order chi connectivity index (χ0) is 36.3. The predicted molar refractivity (Wildman–Crippen MR) is 229 cm³/mol. The molecule has 3 nitrogen and oxygen atoms in total. The van der Waals surface area contributed by atoms with Crippen LogP contribution in [-0.2, 0) is 0 Å². The molecule has 0 amide bonds. The van der Waals surface area contributed by atoms with Crippen molar-refractivity contribution in [3.8, 4) is 33.4 Å². The highest BCUT2D eigenvalue weighted by Gasteiger charge is 2.20. The number of fused-ring (bicyclic) bond motifs is 7. The topological polar surface area (TPSA) is 29.5 Å². The van der Waals surface area contributed by atoms with E-state index in [1.165, 1.54) is 27.5 Å². The largest absolute Gasteiger partial charge is 0.456 e. The molecule has 0 saturated carbocycles. The van der Waals surface area contributed by atoms with Crippen molar-refractivity contribution in [2.24, 2.45) is 0 Å². The van der Waals surface area contributed by atoms with Crippen molar-refractivity contribution in [3.63, 3.8) is 0 Å². The van der Waals surface area contributed by atoms with Gasteiger partial charge in [0.2, 0.25) is 0 Å². The van der Waals surface area contributed by atoms with Crippen LogP contribution in [0.4, 0.5) is 17.1 Å². The normalized spacial score (nSPS) is 11.6. The van der Waals surface area contributed by atoms with Gasteiger partial charge in [-0.05, 0) is 105 Å². The molecule has 11 aromatic rings. The van der Waals surface area contributed by atoms with Gasteiger partial charge in [0, 0.05) is 38.5 Å². The zero-order valence-electron chi connectivity index (χ0n) is 29.8. The van der Waals surface area contributed by atoms with Crippen LogP contribution in [0.2, 0.25) is 0 Å². The van der Waals surface area contributed by atoms with Gasteiger partial charge in [-0.15, -0.1) is 0 Å². The van der Waals surface area contributed by atoms with Gasteiger partial charge in [0.05, 0.1) is 5.69 Å². The van der Waals surface area contributed by atoms with Gasteiger partial charge in [-0.1, -0.05) is 133 Å². The lowest BCUT2D eigenvalue weighted by atomic mass is 9.97. The highest BCUT2D eigenvalue weighted by atomic mass is 16.3. The standard InChI is InChI=1S/C52H33NO2/c1-2-10-38-31-39(22-21-34(38)9-1)37-19-17-35(18-20-37)36-23-26-41(27-24-36)53(42-28-30-52-47(33-42)45-13-5-8-16-50(45)55-52)48-14-6-3-11-43(48)40-25-29-51-46(32-40)44-12-4-7-15-49(44)54-51/h1-33H. The quantitative estimate of drug-likeness (QED) is 0.173. The molecule has 0 bridgehead atoms. The van der Waals surface area contributed by atoms with E-state index in [0.717, 1.165) is 77.6 Å². The zero-order valence-corrected chi connectivity index (χ0v) is 29.8. The first-order valence-corrected chi connectivity index (χ1v) is 18.7. The Labute approximate surface area is 317 Å². The van der Waals surface area contributed by atoms with Crippen LogP contribution >= 0.6 is 0 Å². The number of furan rings is 2. The number of anilines is 3. The second-order valence-electron chi connectivity index (χ2n) is 14.1. The summed E-state index contributed by atoms with van der Waals surface area (Å²) < 4.78 is 12.5. The molecule has 55 heavy (non-hydrogen) atoms. The van der Waals surface area contributed by atoms with Crippen molar-refractivity contribution in [1.29, 1.82) is 0 Å². The second kappa shape index (κ2) is 12.6. The van der Waals surface area contributed by atoms with Crippen LogP contribution < -0.4 is 4.90 Å². The predicted octanol–water partition coefficient (Wildman–Crippen LogP) is 15.1. The third-order valence-electron chi connectivity index (χ3n) is 10.9. The summed E-state index contributed by atoms with van der Waals surface area (Å²) in [6, 6.07) is 71.2. The number of hydrogen-bond acceptors (Lipinski definition) is 3. The third-order valence-corrected chi connectivity index (χ3v) is 10.9. The molecule has 0 aliphatic rings. The van der Waals surface area contributed by atoms with E-state index in [0.29, 0.717) is 0 Å². The van der Waals surface area contributed by atoms with E-state index in [1.807, 2.05) is 24.3 Å². The summed E-state index contributed by atoms with van der Waals surface area (Å²) in [5.41, 5.74) is 13.7. The molecule has 9 aromatic carbocycles. The minimum Gasteiger partial charge on any atom is -0.456 e. The van der Waals surface area contributed by atoms with E-state index in [2.05, 4.69) is 181 Å². The van der Waals surface area contributed by atoms with Crippen molar-refractivity contribution in [1.82, 2.24) is 0 Å². The highest BCUT2D eigenvalue weighted by Crippen LogP contribution is 2.44. The molecule has 11 rings (SSSR count). The summed E-state index contributed by atoms with van der Waals surface area (Å²) in [6.45, 7) is 0. The smallest absolute Gasteiger partial charge is 0.135 e. The fraction of sp³-hybridized carbons (Fsp3) is 0. The molecule has 0 radical (unpaired) electrons. The first-order chi connectivity index (χ1) is 27.2. The van der Waals surface area contributed by atoms with Crippen LogP contribution in [-0.4, -0.2) is 0 Å². The van der Waals surface area contributed by atoms with Crippen molar-refractivity contribution in [2.45, 2.75) is 0 Å². The van der Waals surface area contributed by atoms with E-state index in [4.69, 9.17) is 8.83 Å². The Kier molecular flexibility index (Phi) is 7.17. The van der Waals surface area contributed by atoms with E-state index in [1.54, 1.807) is 0 Å². The lowest BCUT2D eigenvalue weighted by molar-refractivity contribution is 0.668. The SMILES string of the molecule is c1ccc(N(c2ccc(-c3ccc(-c4ccc5ccccc5c4)cc3)cc2)c2ccc3oc4ccccc4c3c2)c(-c2ccc3oc4ccccc4c3c2)c1. The highest BCUT2D eigenvalue weighted by molar-refractivity contribution is 6.08. The average molecular weight is 704 g/mol. The minimum absolute atomic E-state index is 0.873. The van der Waals surface area contributed by atoms with Crippen molar-refractivity contribution in [2.75, 3.05) is 4.90 Å². The molecule has 258 valence electrons. The third kappa shape index (κ3) is 5.36. The maximum atomic E-state index is 6.25. The van der Waals surface area contributed by atoms with Gasteiger partial charge in [0.25, 0.3) is 0 Å². The van der Waals surface area contributed by atoms with Crippen molar-refractivity contribution in [3.05, 3.63) is 200 Å². The van der Waals surface area contributed by atoms with Gasteiger partial charge >= 0.3 is 0 Å². The number of hydrogen-bond donors (Lipinski definition) is 0. The number of rotatable bonds is 6. The molecular weight excluding hydrogens is 671 g/mol. The van der Waals surface area contributed by atoms with Gasteiger partial charge in [-0.3, -0.25) is 0 Å². The van der Waals surface area contributed by atoms with Gasteiger partial charge < -0.3 is 13.7 Å². The Bertz CT molecular complexity index is 3200. The Morgan fingerprint density at radius 3 is 1.51 bits per heavy atom. The Balaban J connectivity index is 1.02. The number of nitrogens with zero attached hydrogens (tertiary/aromatic N) is 1. The Morgan fingerprint density at radius 2 is 0.782 bits per heavy atom. The first kappa shape index (κ1) is 31.2. The maximum Gasteiger partial charge on any atom is 0.135 e. The minimum atomic E-state index is 0.873. The molecule has 0 fully saturated rings. The molecule has 0 unspecified atom stereocenters. The molecule has 0 aliphatic heterocycles. The van der Waals surface area contributed by atoms with E-state index >= 15 is 0 Å². The van der Waals surface area contributed by atoms with Crippen LogP contribution in [0.1, 0.15) is 0 Å². The summed E-state index contributed by atoms with van der Waals surface area (Å²) in [7, 11) is 0. The lowest BCUT2D eigenvalue weighted by Crippen LogP contribution is -2.11. The summed E-state index contributed by atoms with van der Waals surface area (Å²) in [4.78, 5) is 2.36. The Morgan fingerprint density at radius 1 is 0.291 bits per heavy atom. The second-order valence-corrected chi connectivity index (χ2v) is 14.1. The summed E-state index contributed by atoms with van der Waals surface area (Å²) in [5, 5.41) is 6.92. The van der Waals surface area contributed by atoms with E-state index in [-0.39, 0.29) is 0 Å². The average Bonchev–Trinajstić information content (AvgIpc) is 3.82. The van der Waals surface area contributed by atoms with Crippen LogP contribution in [0, 0.1) is 0 Å². The van der Waals surface area contributed by atoms with Crippen molar-refractivity contribution >= 4 is 71.7 Å². The lowest BCUT2D eigenvalue weighted by Gasteiger charge is -2.28. The number of para-hydroxylation sites is 3. The van der Waals surface area contributed by atoms with Crippen LogP contribution in [0.15, 0.2) is 209 Å². The molecule has 2 aromatic heterocycles. The van der Waals surface area contributed by atoms with E-state index in [9.17, 15) is 0 Å². The molecule has 0 saturated heterocycles. The maximum absolute atomic E-state index is 6.25. The van der Waals surface area contributed by atoms with Gasteiger partial charge in [0.1, 0.15) is 22.3 Å². The summed E-state index contributed by atoms with van der Waals surface area (Å²) in [5.74, 6) is 0. The first-order valence-electron chi connectivity index (χ1n) is 18.7. The molecule has 0 atom stereocenters. The van der Waals surface area contributed by atoms with E-state index < -0.39 is 0 Å². The molecule has 0 aliphatic carbocycles. The van der Waals surface area contributed by atoms with Crippen LogP contribution in [0.25, 0.3) is 88.0 Å². The van der Waals surface area contributed by atoms with Crippen LogP contribution in [0.3, 0.4) is 0 Å². The molecule has 0 N–H and O–H groups in total. The van der Waals surface area contributed by atoms with Crippen LogP contribution in [0.5, 0.6) is 0 Å². The van der Waals surface area contributed by atoms with Crippen molar-refractivity contribution < 1.29 is 8.83 Å². The monoisotopic (exact) mass is 703 g/mol. The van der Waals surface area contributed by atoms with Gasteiger partial charge in [-0.25, -0.2) is 0 Å².